The molecule has 0 saturated carbocycles. The number of rotatable bonds is 3. The minimum atomic E-state index is -2.56. The van der Waals surface area contributed by atoms with Crippen molar-refractivity contribution in [3.05, 3.63) is 29.1 Å². The molecule has 1 N–H and O–H groups in total. The molecule has 0 aliphatic carbocycles. The van der Waals surface area contributed by atoms with Gasteiger partial charge in [0.25, 0.3) is 6.43 Å². The average Bonchev–Trinajstić information content (AvgIpc) is 2.16. The van der Waals surface area contributed by atoms with Crippen LogP contribution in [-0.4, -0.2) is 10.1 Å². The van der Waals surface area contributed by atoms with Crippen LogP contribution in [0.1, 0.15) is 23.4 Å². The molecule has 1 aromatic heterocycles. The molecule has 2 nitrogen and oxygen atoms in total. The lowest BCUT2D eigenvalue weighted by Gasteiger charge is -2.05. The summed E-state index contributed by atoms with van der Waals surface area (Å²) in [6, 6.07) is 2.69. The van der Waals surface area contributed by atoms with Crippen molar-refractivity contribution in [3.63, 3.8) is 0 Å². The zero-order chi connectivity index (χ0) is 9.84. The highest BCUT2D eigenvalue weighted by Gasteiger charge is 2.11. The quantitative estimate of drug-likeness (QED) is 0.838. The predicted octanol–water partition coefficient (Wildman–Crippen LogP) is 2.41. The number of pyridine rings is 1. The monoisotopic (exact) mass is 251 g/mol. The molecular formula is C8H8BrF2NO. The second-order valence-electron chi connectivity index (χ2n) is 2.43. The standard InChI is InChI=1S/C8H8BrF2NO/c9-3-7-5(4-13)1-2-6(12-7)8(10)11/h1-2,8,13H,3-4H2. The van der Waals surface area contributed by atoms with E-state index in [0.29, 0.717) is 16.6 Å². The average molecular weight is 252 g/mol. The van der Waals surface area contributed by atoms with E-state index in [-0.39, 0.29) is 12.3 Å². The summed E-state index contributed by atoms with van der Waals surface area (Å²) in [5, 5.41) is 9.20. The number of hydrogen-bond acceptors (Lipinski definition) is 2. The van der Waals surface area contributed by atoms with Gasteiger partial charge in [0.1, 0.15) is 5.69 Å². The normalized spacial score (nSPS) is 10.8. The third kappa shape index (κ3) is 2.45. The van der Waals surface area contributed by atoms with Crippen LogP contribution in [0.4, 0.5) is 8.78 Å². The van der Waals surface area contributed by atoms with Gasteiger partial charge < -0.3 is 5.11 Å². The third-order valence-corrected chi connectivity index (χ3v) is 2.14. The Morgan fingerprint density at radius 1 is 1.46 bits per heavy atom. The van der Waals surface area contributed by atoms with Crippen LogP contribution in [0.2, 0.25) is 0 Å². The first-order chi connectivity index (χ1) is 6.19. The van der Waals surface area contributed by atoms with Crippen molar-refractivity contribution in [2.24, 2.45) is 0 Å². The molecule has 0 atom stereocenters. The second kappa shape index (κ2) is 4.62. The summed E-state index contributed by atoms with van der Waals surface area (Å²) in [6.45, 7) is -0.183. The van der Waals surface area contributed by atoms with E-state index in [1.54, 1.807) is 0 Å². The summed E-state index contributed by atoms with van der Waals surface area (Å²) >= 11 is 3.11. The van der Waals surface area contributed by atoms with E-state index in [0.717, 1.165) is 0 Å². The van der Waals surface area contributed by atoms with E-state index < -0.39 is 6.43 Å². The lowest BCUT2D eigenvalue weighted by atomic mass is 10.2. The Morgan fingerprint density at radius 2 is 2.15 bits per heavy atom. The molecule has 13 heavy (non-hydrogen) atoms. The Morgan fingerprint density at radius 3 is 2.62 bits per heavy atom. The van der Waals surface area contributed by atoms with Crippen molar-refractivity contribution >= 4 is 15.9 Å². The summed E-state index contributed by atoms with van der Waals surface area (Å²) in [5.74, 6) is 0. The van der Waals surface area contributed by atoms with Crippen LogP contribution in [0, 0.1) is 0 Å². The van der Waals surface area contributed by atoms with Crippen molar-refractivity contribution < 1.29 is 13.9 Å². The SMILES string of the molecule is OCc1ccc(C(F)F)nc1CBr. The number of alkyl halides is 3. The Kier molecular flexibility index (Phi) is 3.74. The molecule has 1 heterocycles. The van der Waals surface area contributed by atoms with E-state index in [1.165, 1.54) is 12.1 Å². The summed E-state index contributed by atoms with van der Waals surface area (Å²) in [6.07, 6.45) is -2.56. The maximum Gasteiger partial charge on any atom is 0.280 e. The molecule has 0 spiro atoms. The van der Waals surface area contributed by atoms with Gasteiger partial charge in [-0.2, -0.15) is 0 Å². The summed E-state index contributed by atoms with van der Waals surface area (Å²) < 4.78 is 24.4. The van der Waals surface area contributed by atoms with Crippen LogP contribution in [0.25, 0.3) is 0 Å². The largest absolute Gasteiger partial charge is 0.392 e. The predicted molar refractivity (Wildman–Crippen MR) is 47.7 cm³/mol. The third-order valence-electron chi connectivity index (χ3n) is 1.61. The fourth-order valence-electron chi connectivity index (χ4n) is 0.928. The van der Waals surface area contributed by atoms with Gasteiger partial charge in [-0.05, 0) is 11.6 Å². The molecular weight excluding hydrogens is 244 g/mol. The Bertz CT molecular complexity index is 293. The van der Waals surface area contributed by atoms with Gasteiger partial charge in [-0.3, -0.25) is 4.98 Å². The highest BCUT2D eigenvalue weighted by atomic mass is 79.9. The van der Waals surface area contributed by atoms with Gasteiger partial charge in [-0.25, -0.2) is 8.78 Å². The maximum absolute atomic E-state index is 12.2. The zero-order valence-corrected chi connectivity index (χ0v) is 8.26. The van der Waals surface area contributed by atoms with E-state index in [4.69, 9.17) is 5.11 Å². The molecule has 0 aromatic carbocycles. The molecule has 1 rings (SSSR count). The molecule has 0 amide bonds. The van der Waals surface area contributed by atoms with E-state index in [9.17, 15) is 8.78 Å². The molecule has 5 heteroatoms. The molecule has 0 fully saturated rings. The Hall–Kier alpha value is -0.550. The highest BCUT2D eigenvalue weighted by Crippen LogP contribution is 2.19. The molecule has 0 aliphatic heterocycles. The van der Waals surface area contributed by atoms with Crippen molar-refractivity contribution in [1.29, 1.82) is 0 Å². The molecule has 0 aliphatic rings. The topological polar surface area (TPSA) is 33.1 Å². The molecule has 0 bridgehead atoms. The van der Waals surface area contributed by atoms with Crippen LogP contribution in [0.5, 0.6) is 0 Å². The fraction of sp³-hybridized carbons (Fsp3) is 0.375. The van der Waals surface area contributed by atoms with E-state index >= 15 is 0 Å². The minimum Gasteiger partial charge on any atom is -0.392 e. The second-order valence-corrected chi connectivity index (χ2v) is 3.00. The van der Waals surface area contributed by atoms with Crippen LogP contribution in [-0.2, 0) is 11.9 Å². The Balaban J connectivity index is 3.05. The van der Waals surface area contributed by atoms with Crippen molar-refractivity contribution in [2.45, 2.75) is 18.4 Å². The smallest absolute Gasteiger partial charge is 0.280 e. The maximum atomic E-state index is 12.2. The van der Waals surface area contributed by atoms with Gasteiger partial charge in [0.2, 0.25) is 0 Å². The van der Waals surface area contributed by atoms with Gasteiger partial charge in [0.05, 0.1) is 12.3 Å². The number of aliphatic hydroxyl groups excluding tert-OH is 1. The number of nitrogens with zero attached hydrogens (tertiary/aromatic N) is 1. The minimum absolute atomic E-state index is 0.183. The summed E-state index contributed by atoms with van der Waals surface area (Å²) in [4.78, 5) is 3.70. The highest BCUT2D eigenvalue weighted by molar-refractivity contribution is 9.08. The first kappa shape index (κ1) is 10.5. The van der Waals surface area contributed by atoms with Crippen molar-refractivity contribution in [2.75, 3.05) is 0 Å². The van der Waals surface area contributed by atoms with Gasteiger partial charge in [0, 0.05) is 5.33 Å². The van der Waals surface area contributed by atoms with Crippen LogP contribution in [0.15, 0.2) is 12.1 Å². The van der Waals surface area contributed by atoms with E-state index in [1.807, 2.05) is 0 Å². The summed E-state index contributed by atoms with van der Waals surface area (Å²) in [5.41, 5.74) is 0.772. The number of halogens is 3. The lowest BCUT2D eigenvalue weighted by molar-refractivity contribution is 0.145. The van der Waals surface area contributed by atoms with Crippen molar-refractivity contribution in [1.82, 2.24) is 4.98 Å². The van der Waals surface area contributed by atoms with E-state index in [2.05, 4.69) is 20.9 Å². The number of aliphatic hydroxyl groups is 1. The van der Waals surface area contributed by atoms with Crippen LogP contribution < -0.4 is 0 Å². The zero-order valence-electron chi connectivity index (χ0n) is 6.67. The summed E-state index contributed by atoms with van der Waals surface area (Å²) in [7, 11) is 0. The molecule has 0 unspecified atom stereocenters. The molecule has 0 saturated heterocycles. The van der Waals surface area contributed by atoms with Gasteiger partial charge in [-0.15, -0.1) is 0 Å². The fourth-order valence-corrected chi connectivity index (χ4v) is 1.41. The van der Waals surface area contributed by atoms with Crippen LogP contribution in [0.3, 0.4) is 0 Å². The molecule has 1 aromatic rings. The Labute approximate surface area is 82.7 Å². The number of aromatic nitrogens is 1. The van der Waals surface area contributed by atoms with Crippen LogP contribution >= 0.6 is 15.9 Å². The number of hydrogen-bond donors (Lipinski definition) is 1. The van der Waals surface area contributed by atoms with Gasteiger partial charge >= 0.3 is 0 Å². The lowest BCUT2D eigenvalue weighted by Crippen LogP contribution is -1.99. The van der Waals surface area contributed by atoms with Crippen molar-refractivity contribution in [3.8, 4) is 0 Å². The first-order valence-electron chi connectivity index (χ1n) is 3.62. The first-order valence-corrected chi connectivity index (χ1v) is 4.75. The molecule has 72 valence electrons. The van der Waals surface area contributed by atoms with Gasteiger partial charge in [-0.1, -0.05) is 22.0 Å². The van der Waals surface area contributed by atoms with Gasteiger partial charge in [0.15, 0.2) is 0 Å². The molecule has 0 radical (unpaired) electrons.